The second-order valence-corrected chi connectivity index (χ2v) is 5.18. The molecule has 0 aliphatic heterocycles. The van der Waals surface area contributed by atoms with Gasteiger partial charge >= 0.3 is 6.18 Å². The SMILES string of the molecule is N#C/C(=N\Nc1c(Br)cc(Br)cc1C(F)(F)F)C(=N)N. The van der Waals surface area contributed by atoms with Crippen molar-refractivity contribution in [2.24, 2.45) is 10.8 Å². The highest BCUT2D eigenvalue weighted by Crippen LogP contribution is 2.40. The number of rotatable bonds is 3. The molecule has 20 heavy (non-hydrogen) atoms. The number of hydrogen-bond acceptors (Lipinski definition) is 4. The van der Waals surface area contributed by atoms with Crippen molar-refractivity contribution < 1.29 is 13.2 Å². The Kier molecular flexibility index (Phi) is 5.13. The zero-order chi connectivity index (χ0) is 15.5. The van der Waals surface area contributed by atoms with Crippen molar-refractivity contribution in [1.29, 1.82) is 10.7 Å². The van der Waals surface area contributed by atoms with Crippen LogP contribution in [0.15, 0.2) is 26.2 Å². The highest BCUT2D eigenvalue weighted by atomic mass is 79.9. The summed E-state index contributed by atoms with van der Waals surface area (Å²) in [5, 5.41) is 19.0. The molecule has 0 aliphatic rings. The van der Waals surface area contributed by atoms with Gasteiger partial charge in [-0.2, -0.15) is 23.5 Å². The Balaban J connectivity index is 3.32. The zero-order valence-electron chi connectivity index (χ0n) is 9.52. The average Bonchev–Trinajstić information content (AvgIpc) is 2.29. The molecule has 1 aromatic carbocycles. The van der Waals surface area contributed by atoms with Gasteiger partial charge in [0.15, 0.2) is 5.84 Å². The van der Waals surface area contributed by atoms with E-state index < -0.39 is 23.3 Å². The van der Waals surface area contributed by atoms with Gasteiger partial charge in [-0.05, 0) is 28.1 Å². The Hall–Kier alpha value is -1.60. The summed E-state index contributed by atoms with van der Waals surface area (Å²) in [7, 11) is 0. The summed E-state index contributed by atoms with van der Waals surface area (Å²) in [5.41, 5.74) is 5.27. The Labute approximate surface area is 128 Å². The lowest BCUT2D eigenvalue weighted by Gasteiger charge is -2.14. The lowest BCUT2D eigenvalue weighted by Crippen LogP contribution is -2.22. The van der Waals surface area contributed by atoms with Crippen molar-refractivity contribution >= 4 is 49.1 Å². The van der Waals surface area contributed by atoms with Crippen LogP contribution in [0, 0.1) is 16.7 Å². The fraction of sp³-hybridized carbons (Fsp3) is 0.100. The number of anilines is 1. The van der Waals surface area contributed by atoms with Crippen LogP contribution in [-0.4, -0.2) is 11.5 Å². The van der Waals surface area contributed by atoms with Crippen LogP contribution in [0.25, 0.3) is 0 Å². The van der Waals surface area contributed by atoms with Gasteiger partial charge in [-0.15, -0.1) is 0 Å². The molecule has 5 nitrogen and oxygen atoms in total. The largest absolute Gasteiger partial charge is 0.418 e. The van der Waals surface area contributed by atoms with Gasteiger partial charge in [-0.1, -0.05) is 15.9 Å². The van der Waals surface area contributed by atoms with Gasteiger partial charge in [0.05, 0.1) is 11.3 Å². The second-order valence-electron chi connectivity index (χ2n) is 3.41. The maximum atomic E-state index is 12.9. The molecule has 1 rings (SSSR count). The van der Waals surface area contributed by atoms with E-state index in [0.717, 1.165) is 6.07 Å². The lowest BCUT2D eigenvalue weighted by molar-refractivity contribution is -0.137. The van der Waals surface area contributed by atoms with E-state index in [0.29, 0.717) is 0 Å². The number of benzene rings is 1. The summed E-state index contributed by atoms with van der Waals surface area (Å²) in [6.45, 7) is 0. The third kappa shape index (κ3) is 3.94. The molecule has 0 atom stereocenters. The summed E-state index contributed by atoms with van der Waals surface area (Å²) in [4.78, 5) is 0. The van der Waals surface area contributed by atoms with E-state index >= 15 is 0 Å². The molecule has 0 aromatic heterocycles. The van der Waals surface area contributed by atoms with Gasteiger partial charge in [-0.25, -0.2) is 0 Å². The molecule has 0 unspecified atom stereocenters. The zero-order valence-corrected chi connectivity index (χ0v) is 12.7. The van der Waals surface area contributed by atoms with Crippen molar-refractivity contribution in [3.63, 3.8) is 0 Å². The minimum Gasteiger partial charge on any atom is -0.382 e. The summed E-state index contributed by atoms with van der Waals surface area (Å²) in [6, 6.07) is 3.74. The van der Waals surface area contributed by atoms with Gasteiger partial charge in [-0.3, -0.25) is 10.8 Å². The van der Waals surface area contributed by atoms with E-state index in [2.05, 4.69) is 42.4 Å². The topological polar surface area (TPSA) is 98.0 Å². The third-order valence-corrected chi connectivity index (χ3v) is 3.08. The highest BCUT2D eigenvalue weighted by Gasteiger charge is 2.35. The first-order valence-corrected chi connectivity index (χ1v) is 6.40. The maximum Gasteiger partial charge on any atom is 0.418 e. The summed E-state index contributed by atoms with van der Waals surface area (Å²) in [6.07, 6.45) is -4.62. The molecule has 0 spiro atoms. The first kappa shape index (κ1) is 16.5. The molecule has 10 heteroatoms. The predicted octanol–water partition coefficient (Wildman–Crippen LogP) is 3.46. The molecule has 0 bridgehead atoms. The van der Waals surface area contributed by atoms with E-state index in [1.165, 1.54) is 12.1 Å². The third-order valence-electron chi connectivity index (χ3n) is 2.00. The summed E-state index contributed by atoms with van der Waals surface area (Å²) in [5.74, 6) is -0.651. The molecular weight excluding hydrogens is 407 g/mol. The van der Waals surface area contributed by atoms with Crippen LogP contribution >= 0.6 is 31.9 Å². The fourth-order valence-electron chi connectivity index (χ4n) is 1.17. The standard InChI is InChI=1S/C10H6Br2F3N5/c11-4-1-5(10(13,14)15)8(6(12)2-4)20-19-7(3-16)9(17)18/h1-2,20H,(H3,17,18)/b19-7+. The van der Waals surface area contributed by atoms with Gasteiger partial charge in [0.2, 0.25) is 5.71 Å². The number of halogens is 5. The predicted molar refractivity (Wildman–Crippen MR) is 75.4 cm³/mol. The molecule has 0 fully saturated rings. The number of nitriles is 1. The van der Waals surface area contributed by atoms with Gasteiger partial charge in [0.25, 0.3) is 0 Å². The monoisotopic (exact) mass is 411 g/mol. The van der Waals surface area contributed by atoms with Crippen molar-refractivity contribution in [2.75, 3.05) is 5.43 Å². The molecule has 106 valence electrons. The number of nitrogens with two attached hydrogens (primary N) is 1. The molecular formula is C10H6Br2F3N5. The van der Waals surface area contributed by atoms with Crippen LogP contribution in [0.1, 0.15) is 5.56 Å². The minimum atomic E-state index is -4.62. The van der Waals surface area contributed by atoms with Crippen molar-refractivity contribution in [3.05, 3.63) is 26.6 Å². The average molecular weight is 413 g/mol. The molecule has 0 saturated carbocycles. The van der Waals surface area contributed by atoms with Crippen molar-refractivity contribution in [1.82, 2.24) is 0 Å². The molecule has 0 radical (unpaired) electrons. The van der Waals surface area contributed by atoms with Crippen LogP contribution in [0.3, 0.4) is 0 Å². The van der Waals surface area contributed by atoms with Crippen LogP contribution in [0.2, 0.25) is 0 Å². The number of hydrogen-bond donors (Lipinski definition) is 3. The number of nitrogens with one attached hydrogen (secondary N) is 2. The summed E-state index contributed by atoms with van der Waals surface area (Å²) >= 11 is 5.93. The second kappa shape index (κ2) is 6.23. The Bertz CT molecular complexity index is 619. The molecule has 0 amide bonds. The quantitative estimate of drug-likeness (QED) is 0.402. The van der Waals surface area contributed by atoms with Gasteiger partial charge < -0.3 is 5.73 Å². The van der Waals surface area contributed by atoms with E-state index in [9.17, 15) is 13.2 Å². The smallest absolute Gasteiger partial charge is 0.382 e. The van der Waals surface area contributed by atoms with Crippen LogP contribution in [-0.2, 0) is 6.18 Å². The Morgan fingerprint density at radius 2 is 2.00 bits per heavy atom. The molecule has 0 saturated heterocycles. The maximum absolute atomic E-state index is 12.9. The van der Waals surface area contributed by atoms with E-state index in [4.69, 9.17) is 16.4 Å². The summed E-state index contributed by atoms with van der Waals surface area (Å²) < 4.78 is 39.0. The fourth-order valence-corrected chi connectivity index (χ4v) is 2.48. The Morgan fingerprint density at radius 3 is 2.45 bits per heavy atom. The minimum absolute atomic E-state index is 0.0868. The number of alkyl halides is 3. The van der Waals surface area contributed by atoms with Gasteiger partial charge in [0.1, 0.15) is 6.07 Å². The number of nitrogens with zero attached hydrogens (tertiary/aromatic N) is 2. The first-order valence-electron chi connectivity index (χ1n) is 4.81. The van der Waals surface area contributed by atoms with Crippen LogP contribution < -0.4 is 11.2 Å². The van der Waals surface area contributed by atoms with Crippen molar-refractivity contribution in [2.45, 2.75) is 6.18 Å². The van der Waals surface area contributed by atoms with Gasteiger partial charge in [0, 0.05) is 8.95 Å². The molecule has 0 aliphatic carbocycles. The number of amidine groups is 1. The Morgan fingerprint density at radius 1 is 1.40 bits per heavy atom. The van der Waals surface area contributed by atoms with Crippen molar-refractivity contribution in [3.8, 4) is 6.07 Å². The number of hydrazone groups is 1. The van der Waals surface area contributed by atoms with Crippen LogP contribution in [0.5, 0.6) is 0 Å². The normalized spacial score (nSPS) is 11.9. The van der Waals surface area contributed by atoms with E-state index in [-0.39, 0.29) is 14.6 Å². The molecule has 1 aromatic rings. The molecule has 4 N–H and O–H groups in total. The van der Waals surface area contributed by atoms with E-state index in [1.807, 2.05) is 0 Å². The highest BCUT2D eigenvalue weighted by molar-refractivity contribution is 9.11. The van der Waals surface area contributed by atoms with E-state index in [1.54, 1.807) is 0 Å². The first-order chi connectivity index (χ1) is 9.16. The lowest BCUT2D eigenvalue weighted by atomic mass is 10.2. The molecule has 0 heterocycles. The van der Waals surface area contributed by atoms with Crippen LogP contribution in [0.4, 0.5) is 18.9 Å².